The molecule has 2 aromatic carbocycles. The predicted molar refractivity (Wildman–Crippen MR) is 117 cm³/mol. The number of amides is 1. The Kier molecular flexibility index (Phi) is 6.68. The molecule has 2 N–H and O–H groups in total. The Morgan fingerprint density at radius 3 is 2.76 bits per heavy atom. The summed E-state index contributed by atoms with van der Waals surface area (Å²) in [6, 6.07) is 9.86. The minimum Gasteiger partial charge on any atom is -0.330 e. The molecule has 150 valence electrons. The van der Waals surface area contributed by atoms with Crippen LogP contribution in [0.2, 0.25) is 5.02 Å². The maximum absolute atomic E-state index is 12.2. The van der Waals surface area contributed by atoms with Gasteiger partial charge in [-0.15, -0.1) is 10.2 Å². The Labute approximate surface area is 179 Å². The van der Waals surface area contributed by atoms with E-state index in [1.54, 1.807) is 6.92 Å². The van der Waals surface area contributed by atoms with Crippen LogP contribution in [0.1, 0.15) is 11.1 Å². The quantitative estimate of drug-likeness (QED) is 0.290. The topological polar surface area (TPSA) is 110 Å². The number of halogens is 1. The van der Waals surface area contributed by atoms with Crippen molar-refractivity contribution in [1.82, 2.24) is 10.2 Å². The van der Waals surface area contributed by atoms with Gasteiger partial charge in [-0.25, -0.2) is 0 Å². The fraction of sp³-hybridized carbons (Fsp3) is 0.167. The SMILES string of the molecule is Cc1cc([N+](=O)[O-])ccc1NC(=O)CSc1nnc(Nc2cccc(Cl)c2C)s1. The lowest BCUT2D eigenvalue weighted by atomic mass is 10.2. The zero-order chi connectivity index (χ0) is 21.0. The molecule has 0 bridgehead atoms. The third kappa shape index (κ3) is 5.43. The number of nitro benzene ring substituents is 1. The number of carbonyl (C=O) groups excluding carboxylic acids is 1. The molecular weight excluding hydrogens is 434 g/mol. The smallest absolute Gasteiger partial charge is 0.269 e. The van der Waals surface area contributed by atoms with E-state index >= 15 is 0 Å². The number of hydrogen-bond donors (Lipinski definition) is 2. The highest BCUT2D eigenvalue weighted by atomic mass is 35.5. The van der Waals surface area contributed by atoms with Gasteiger partial charge in [-0.2, -0.15) is 0 Å². The van der Waals surface area contributed by atoms with E-state index in [4.69, 9.17) is 11.6 Å². The fourth-order valence-electron chi connectivity index (χ4n) is 2.39. The zero-order valence-electron chi connectivity index (χ0n) is 15.4. The molecule has 3 aromatic rings. The van der Waals surface area contributed by atoms with Crippen LogP contribution in [0.5, 0.6) is 0 Å². The van der Waals surface area contributed by atoms with Gasteiger partial charge in [0.15, 0.2) is 4.34 Å². The van der Waals surface area contributed by atoms with Crippen LogP contribution in [-0.4, -0.2) is 26.8 Å². The molecule has 0 aliphatic carbocycles. The normalized spacial score (nSPS) is 10.6. The number of nitro groups is 1. The van der Waals surface area contributed by atoms with Crippen molar-refractivity contribution in [3.63, 3.8) is 0 Å². The van der Waals surface area contributed by atoms with Gasteiger partial charge in [-0.3, -0.25) is 14.9 Å². The van der Waals surface area contributed by atoms with Crippen LogP contribution < -0.4 is 10.6 Å². The number of carbonyl (C=O) groups is 1. The summed E-state index contributed by atoms with van der Waals surface area (Å²) < 4.78 is 0.641. The second kappa shape index (κ2) is 9.21. The summed E-state index contributed by atoms with van der Waals surface area (Å²) in [7, 11) is 0. The molecule has 29 heavy (non-hydrogen) atoms. The van der Waals surface area contributed by atoms with Gasteiger partial charge < -0.3 is 10.6 Å². The van der Waals surface area contributed by atoms with Crippen LogP contribution in [0.4, 0.5) is 22.2 Å². The molecule has 1 heterocycles. The van der Waals surface area contributed by atoms with Gasteiger partial charge in [0.05, 0.1) is 10.7 Å². The summed E-state index contributed by atoms with van der Waals surface area (Å²) in [5.41, 5.74) is 2.90. The first-order valence-electron chi connectivity index (χ1n) is 8.37. The van der Waals surface area contributed by atoms with Crippen molar-refractivity contribution >= 4 is 62.8 Å². The Bertz CT molecular complexity index is 1070. The first-order chi connectivity index (χ1) is 13.8. The molecule has 0 atom stereocenters. The molecule has 8 nitrogen and oxygen atoms in total. The second-order valence-corrected chi connectivity index (χ2v) is 8.61. The molecule has 0 spiro atoms. The Morgan fingerprint density at radius 2 is 2.03 bits per heavy atom. The van der Waals surface area contributed by atoms with Gasteiger partial charge in [-0.1, -0.05) is 40.8 Å². The van der Waals surface area contributed by atoms with E-state index in [1.807, 2.05) is 25.1 Å². The number of nitrogens with one attached hydrogen (secondary N) is 2. The van der Waals surface area contributed by atoms with Gasteiger partial charge in [0.2, 0.25) is 11.0 Å². The van der Waals surface area contributed by atoms with Crippen LogP contribution in [0.25, 0.3) is 0 Å². The maximum Gasteiger partial charge on any atom is 0.269 e. The highest BCUT2D eigenvalue weighted by molar-refractivity contribution is 8.01. The van der Waals surface area contributed by atoms with Gasteiger partial charge in [-0.05, 0) is 43.2 Å². The number of benzene rings is 2. The highest BCUT2D eigenvalue weighted by Crippen LogP contribution is 2.31. The van der Waals surface area contributed by atoms with Crippen LogP contribution in [0.3, 0.4) is 0 Å². The predicted octanol–water partition coefficient (Wildman–Crippen LogP) is 5.19. The molecule has 3 rings (SSSR count). The third-order valence-corrected chi connectivity index (χ3v) is 6.32. The number of non-ortho nitro benzene ring substituents is 1. The minimum atomic E-state index is -0.472. The number of rotatable bonds is 7. The maximum atomic E-state index is 12.2. The Morgan fingerprint density at radius 1 is 1.24 bits per heavy atom. The first kappa shape index (κ1) is 21.0. The van der Waals surface area contributed by atoms with Gasteiger partial charge in [0.25, 0.3) is 5.69 Å². The number of nitrogens with zero attached hydrogens (tertiary/aromatic N) is 3. The average molecular weight is 450 g/mol. The summed E-state index contributed by atoms with van der Waals surface area (Å²) in [5, 5.41) is 26.1. The number of anilines is 3. The second-order valence-electron chi connectivity index (χ2n) is 6.00. The summed E-state index contributed by atoms with van der Waals surface area (Å²) in [6.07, 6.45) is 0. The lowest BCUT2D eigenvalue weighted by Crippen LogP contribution is -2.14. The zero-order valence-corrected chi connectivity index (χ0v) is 17.8. The fourth-order valence-corrected chi connectivity index (χ4v) is 4.13. The Hall–Kier alpha value is -2.69. The van der Waals surface area contributed by atoms with E-state index < -0.39 is 4.92 Å². The monoisotopic (exact) mass is 449 g/mol. The van der Waals surface area contributed by atoms with E-state index in [1.165, 1.54) is 41.3 Å². The van der Waals surface area contributed by atoms with Crippen molar-refractivity contribution < 1.29 is 9.72 Å². The van der Waals surface area contributed by atoms with Gasteiger partial charge in [0, 0.05) is 28.5 Å². The molecule has 11 heteroatoms. The highest BCUT2D eigenvalue weighted by Gasteiger charge is 2.13. The minimum absolute atomic E-state index is 0.0151. The van der Waals surface area contributed by atoms with E-state index in [2.05, 4.69) is 20.8 Å². The largest absolute Gasteiger partial charge is 0.330 e. The van der Waals surface area contributed by atoms with E-state index in [0.717, 1.165) is 11.3 Å². The molecular formula is C18H16ClN5O3S2. The molecule has 0 unspecified atom stereocenters. The molecule has 0 saturated carbocycles. The summed E-state index contributed by atoms with van der Waals surface area (Å²) >= 11 is 8.71. The molecule has 1 amide bonds. The van der Waals surface area contributed by atoms with Crippen LogP contribution in [-0.2, 0) is 4.79 Å². The van der Waals surface area contributed by atoms with Crippen molar-refractivity contribution in [3.05, 3.63) is 62.7 Å². The molecule has 0 radical (unpaired) electrons. The van der Waals surface area contributed by atoms with Crippen molar-refractivity contribution in [2.24, 2.45) is 0 Å². The molecule has 0 aliphatic heterocycles. The summed E-state index contributed by atoms with van der Waals surface area (Å²) in [6.45, 7) is 3.61. The number of hydrogen-bond acceptors (Lipinski definition) is 8. The summed E-state index contributed by atoms with van der Waals surface area (Å²) in [4.78, 5) is 22.5. The van der Waals surface area contributed by atoms with Crippen LogP contribution in [0, 0.1) is 24.0 Å². The molecule has 0 fully saturated rings. The standard InChI is InChI=1S/C18H16ClN5O3S2/c1-10-8-12(24(26)27)6-7-14(10)20-16(25)9-28-18-23-22-17(29-18)21-15-5-3-4-13(19)11(15)2/h3-8H,9H2,1-2H3,(H,20,25)(H,21,22). The molecule has 0 saturated heterocycles. The number of aryl methyl sites for hydroxylation is 1. The van der Waals surface area contributed by atoms with Gasteiger partial charge >= 0.3 is 0 Å². The summed E-state index contributed by atoms with van der Waals surface area (Å²) in [5.74, 6) is -0.0938. The van der Waals surface area contributed by atoms with Crippen LogP contribution >= 0.6 is 34.7 Å². The average Bonchev–Trinajstić information content (AvgIpc) is 3.13. The van der Waals surface area contributed by atoms with Crippen molar-refractivity contribution in [2.75, 3.05) is 16.4 Å². The van der Waals surface area contributed by atoms with Crippen LogP contribution in [0.15, 0.2) is 40.7 Å². The molecule has 1 aromatic heterocycles. The van der Waals surface area contributed by atoms with Gasteiger partial charge in [0.1, 0.15) is 0 Å². The van der Waals surface area contributed by atoms with Crippen molar-refractivity contribution in [1.29, 1.82) is 0 Å². The Balaban J connectivity index is 1.56. The lowest BCUT2D eigenvalue weighted by Gasteiger charge is -2.07. The lowest BCUT2D eigenvalue weighted by molar-refractivity contribution is -0.384. The third-order valence-electron chi connectivity index (χ3n) is 3.94. The number of thioether (sulfide) groups is 1. The van der Waals surface area contributed by atoms with E-state index in [0.29, 0.717) is 25.7 Å². The van der Waals surface area contributed by atoms with E-state index in [-0.39, 0.29) is 17.3 Å². The van der Waals surface area contributed by atoms with Crippen molar-refractivity contribution in [2.45, 2.75) is 18.2 Å². The number of aromatic nitrogens is 2. The van der Waals surface area contributed by atoms with Crippen molar-refractivity contribution in [3.8, 4) is 0 Å². The first-order valence-corrected chi connectivity index (χ1v) is 10.5. The van der Waals surface area contributed by atoms with E-state index in [9.17, 15) is 14.9 Å². The molecule has 0 aliphatic rings.